The zero-order valence-corrected chi connectivity index (χ0v) is 10.7. The fourth-order valence-electron chi connectivity index (χ4n) is 2.13. The Morgan fingerprint density at radius 2 is 2.18 bits per heavy atom. The quantitative estimate of drug-likeness (QED) is 0.811. The van der Waals surface area contributed by atoms with Crippen LogP contribution in [-0.2, 0) is 9.84 Å². The van der Waals surface area contributed by atoms with Gasteiger partial charge in [0.15, 0.2) is 9.84 Å². The summed E-state index contributed by atoms with van der Waals surface area (Å²) >= 11 is 0. The van der Waals surface area contributed by atoms with Gasteiger partial charge in [0.25, 0.3) is 5.91 Å². The fourth-order valence-corrected chi connectivity index (χ4v) is 3.81. The second-order valence-electron chi connectivity index (χ2n) is 4.56. The molecule has 1 atom stereocenters. The second kappa shape index (κ2) is 4.18. The van der Waals surface area contributed by atoms with Crippen LogP contribution in [0.25, 0.3) is 0 Å². The molecule has 2 rings (SSSR count). The molecule has 0 aromatic carbocycles. The molecule has 6 heteroatoms. The van der Waals surface area contributed by atoms with Gasteiger partial charge < -0.3 is 10.3 Å². The van der Waals surface area contributed by atoms with E-state index in [9.17, 15) is 13.2 Å². The van der Waals surface area contributed by atoms with Crippen molar-refractivity contribution in [1.82, 2.24) is 10.3 Å². The molecule has 0 saturated carbocycles. The molecule has 1 aliphatic rings. The van der Waals surface area contributed by atoms with Gasteiger partial charge >= 0.3 is 0 Å². The van der Waals surface area contributed by atoms with Crippen LogP contribution in [0.5, 0.6) is 0 Å². The van der Waals surface area contributed by atoms with Gasteiger partial charge in [0.05, 0.1) is 17.1 Å². The Hall–Kier alpha value is -1.30. The first-order chi connectivity index (χ1) is 7.87. The number of aromatic nitrogens is 1. The molecule has 94 valence electrons. The van der Waals surface area contributed by atoms with Gasteiger partial charge in [0, 0.05) is 17.4 Å². The molecular formula is C11H16N2O3S. The average Bonchev–Trinajstić information content (AvgIpc) is 2.69. The lowest BCUT2D eigenvalue weighted by atomic mass is 10.2. The summed E-state index contributed by atoms with van der Waals surface area (Å²) in [6, 6.07) is 1.52. The standard InChI is InChI=1S/C11H16N2O3S/c1-7-5-10(8(2)12-7)11(14)13-9-3-4-17(15,16)6-9/h5,9,12H,3-4,6H2,1-2H3,(H,13,14). The van der Waals surface area contributed by atoms with Crippen molar-refractivity contribution in [2.45, 2.75) is 26.3 Å². The monoisotopic (exact) mass is 256 g/mol. The third-order valence-corrected chi connectivity index (χ3v) is 4.73. The minimum Gasteiger partial charge on any atom is -0.362 e. The number of aryl methyl sites for hydroxylation is 2. The van der Waals surface area contributed by atoms with Crippen LogP contribution >= 0.6 is 0 Å². The number of amides is 1. The molecule has 1 unspecified atom stereocenters. The summed E-state index contributed by atoms with van der Waals surface area (Å²) in [5, 5.41) is 2.77. The maximum absolute atomic E-state index is 11.9. The number of H-pyrrole nitrogens is 1. The van der Waals surface area contributed by atoms with E-state index >= 15 is 0 Å². The summed E-state index contributed by atoms with van der Waals surface area (Å²) in [5.41, 5.74) is 2.32. The Labute approximate surface area is 101 Å². The van der Waals surface area contributed by atoms with Gasteiger partial charge in [0.2, 0.25) is 0 Å². The molecule has 17 heavy (non-hydrogen) atoms. The van der Waals surface area contributed by atoms with Crippen LogP contribution in [0.3, 0.4) is 0 Å². The van der Waals surface area contributed by atoms with E-state index in [4.69, 9.17) is 0 Å². The predicted octanol–water partition coefficient (Wildman–Crippen LogP) is 0.548. The van der Waals surface area contributed by atoms with E-state index in [1.807, 2.05) is 13.8 Å². The number of nitrogens with one attached hydrogen (secondary N) is 2. The summed E-state index contributed by atoms with van der Waals surface area (Å²) in [6.45, 7) is 3.71. The zero-order valence-electron chi connectivity index (χ0n) is 9.91. The van der Waals surface area contributed by atoms with E-state index in [1.54, 1.807) is 6.07 Å². The molecule has 1 aromatic heterocycles. The fraction of sp³-hybridized carbons (Fsp3) is 0.545. The summed E-state index contributed by atoms with van der Waals surface area (Å²) in [4.78, 5) is 15.0. The van der Waals surface area contributed by atoms with Crippen LogP contribution in [0.15, 0.2) is 6.07 Å². The molecule has 2 heterocycles. The van der Waals surface area contributed by atoms with Gasteiger partial charge in [0.1, 0.15) is 0 Å². The Morgan fingerprint density at radius 3 is 2.65 bits per heavy atom. The van der Waals surface area contributed by atoms with Crippen molar-refractivity contribution in [2.24, 2.45) is 0 Å². The molecule has 0 radical (unpaired) electrons. The molecule has 2 N–H and O–H groups in total. The minimum absolute atomic E-state index is 0.0567. The van der Waals surface area contributed by atoms with Crippen molar-refractivity contribution in [1.29, 1.82) is 0 Å². The minimum atomic E-state index is -2.95. The molecule has 0 bridgehead atoms. The Kier molecular flexibility index (Phi) is 2.99. The SMILES string of the molecule is Cc1cc(C(=O)NC2CCS(=O)(=O)C2)c(C)[nH]1. The molecule has 5 nitrogen and oxygen atoms in total. The first kappa shape index (κ1) is 12.2. The van der Waals surface area contributed by atoms with E-state index in [1.165, 1.54) is 0 Å². The maximum atomic E-state index is 11.9. The normalized spacial score (nSPS) is 22.6. The number of hydrogen-bond donors (Lipinski definition) is 2. The number of rotatable bonds is 2. The van der Waals surface area contributed by atoms with E-state index in [-0.39, 0.29) is 23.5 Å². The lowest BCUT2D eigenvalue weighted by molar-refractivity contribution is 0.0940. The van der Waals surface area contributed by atoms with Crippen LogP contribution < -0.4 is 5.32 Å². The highest BCUT2D eigenvalue weighted by molar-refractivity contribution is 7.91. The summed E-state index contributed by atoms with van der Waals surface area (Å²) < 4.78 is 22.5. The first-order valence-electron chi connectivity index (χ1n) is 5.55. The van der Waals surface area contributed by atoms with Gasteiger partial charge in [-0.3, -0.25) is 4.79 Å². The largest absolute Gasteiger partial charge is 0.362 e. The van der Waals surface area contributed by atoms with E-state index in [2.05, 4.69) is 10.3 Å². The lowest BCUT2D eigenvalue weighted by Gasteiger charge is -2.10. The van der Waals surface area contributed by atoms with Crippen LogP contribution in [0.4, 0.5) is 0 Å². The smallest absolute Gasteiger partial charge is 0.253 e. The maximum Gasteiger partial charge on any atom is 0.253 e. The Bertz CT molecular complexity index is 545. The molecule has 1 amide bonds. The van der Waals surface area contributed by atoms with Crippen LogP contribution in [-0.4, -0.2) is 36.9 Å². The van der Waals surface area contributed by atoms with Gasteiger partial charge in [-0.15, -0.1) is 0 Å². The van der Waals surface area contributed by atoms with E-state index in [0.29, 0.717) is 12.0 Å². The number of aromatic amines is 1. The van der Waals surface area contributed by atoms with Gasteiger partial charge in [-0.25, -0.2) is 8.42 Å². The average molecular weight is 256 g/mol. The molecule has 1 fully saturated rings. The number of carbonyl (C=O) groups is 1. The lowest BCUT2D eigenvalue weighted by Crippen LogP contribution is -2.35. The topological polar surface area (TPSA) is 79.0 Å². The number of sulfone groups is 1. The summed E-state index contributed by atoms with van der Waals surface area (Å²) in [6.07, 6.45) is 0.510. The van der Waals surface area contributed by atoms with Crippen molar-refractivity contribution in [3.8, 4) is 0 Å². The van der Waals surface area contributed by atoms with Crippen molar-refractivity contribution < 1.29 is 13.2 Å². The zero-order chi connectivity index (χ0) is 12.6. The highest BCUT2D eigenvalue weighted by Gasteiger charge is 2.29. The highest BCUT2D eigenvalue weighted by atomic mass is 32.2. The molecular weight excluding hydrogens is 240 g/mol. The third-order valence-electron chi connectivity index (χ3n) is 2.96. The van der Waals surface area contributed by atoms with Gasteiger partial charge in [-0.1, -0.05) is 0 Å². The molecule has 1 aliphatic heterocycles. The molecule has 1 saturated heterocycles. The predicted molar refractivity (Wildman–Crippen MR) is 64.8 cm³/mol. The second-order valence-corrected chi connectivity index (χ2v) is 6.79. The van der Waals surface area contributed by atoms with Gasteiger partial charge in [-0.05, 0) is 26.3 Å². The first-order valence-corrected chi connectivity index (χ1v) is 7.37. The van der Waals surface area contributed by atoms with Crippen LogP contribution in [0.2, 0.25) is 0 Å². The van der Waals surface area contributed by atoms with Crippen molar-refractivity contribution in [2.75, 3.05) is 11.5 Å². The van der Waals surface area contributed by atoms with E-state index < -0.39 is 9.84 Å². The van der Waals surface area contributed by atoms with Crippen LogP contribution in [0, 0.1) is 13.8 Å². The van der Waals surface area contributed by atoms with Gasteiger partial charge in [-0.2, -0.15) is 0 Å². The highest BCUT2D eigenvalue weighted by Crippen LogP contribution is 2.14. The molecule has 0 spiro atoms. The van der Waals surface area contributed by atoms with Crippen LogP contribution in [0.1, 0.15) is 28.2 Å². The summed E-state index contributed by atoms with van der Waals surface area (Å²) in [5.74, 6) is 0.0264. The summed E-state index contributed by atoms with van der Waals surface area (Å²) in [7, 11) is -2.95. The Balaban J connectivity index is 2.06. The number of hydrogen-bond acceptors (Lipinski definition) is 3. The van der Waals surface area contributed by atoms with Crippen molar-refractivity contribution >= 4 is 15.7 Å². The van der Waals surface area contributed by atoms with Crippen molar-refractivity contribution in [3.63, 3.8) is 0 Å². The van der Waals surface area contributed by atoms with Crippen molar-refractivity contribution in [3.05, 3.63) is 23.0 Å². The third kappa shape index (κ3) is 2.69. The Morgan fingerprint density at radius 1 is 1.47 bits per heavy atom. The number of carbonyl (C=O) groups excluding carboxylic acids is 1. The molecule has 1 aromatic rings. The van der Waals surface area contributed by atoms with E-state index in [0.717, 1.165) is 11.4 Å². The molecule has 0 aliphatic carbocycles.